The summed E-state index contributed by atoms with van der Waals surface area (Å²) < 4.78 is 18.3. The van der Waals surface area contributed by atoms with E-state index in [0.29, 0.717) is 12.0 Å². The van der Waals surface area contributed by atoms with Gasteiger partial charge < -0.3 is 4.74 Å². The number of carbonyl (C=O) groups is 1. The van der Waals surface area contributed by atoms with E-state index in [-0.39, 0.29) is 11.8 Å². The summed E-state index contributed by atoms with van der Waals surface area (Å²) in [4.78, 5) is 13.3. The maximum absolute atomic E-state index is 13.6. The number of hydrogen-bond donors (Lipinski definition) is 0. The lowest BCUT2D eigenvalue weighted by Crippen LogP contribution is -2.38. The molecule has 17 heavy (non-hydrogen) atoms. The molecule has 3 nitrogen and oxygen atoms in total. The molecule has 0 aliphatic heterocycles. The molecule has 0 aromatic heterocycles. The van der Waals surface area contributed by atoms with Crippen LogP contribution in [0.3, 0.4) is 0 Å². The molecule has 0 aliphatic carbocycles. The topological polar surface area (TPSA) is 29.5 Å². The van der Waals surface area contributed by atoms with E-state index in [1.54, 1.807) is 31.1 Å². The number of benzene rings is 1. The highest BCUT2D eigenvalue weighted by Gasteiger charge is 2.23. The van der Waals surface area contributed by atoms with Crippen molar-refractivity contribution in [1.82, 2.24) is 4.90 Å². The molecule has 0 N–H and O–H groups in total. The first kappa shape index (κ1) is 13.6. The molecular formula is C13H18FNO2. The average molecular weight is 239 g/mol. The molecule has 0 amide bonds. The maximum atomic E-state index is 13.6. The summed E-state index contributed by atoms with van der Waals surface area (Å²) in [5.41, 5.74) is 1.51. The van der Waals surface area contributed by atoms with Crippen molar-refractivity contribution >= 4 is 5.97 Å². The molecule has 0 saturated carbocycles. The van der Waals surface area contributed by atoms with E-state index in [1.807, 2.05) is 6.92 Å². The van der Waals surface area contributed by atoms with Gasteiger partial charge in [0.15, 0.2) is 0 Å². The lowest BCUT2D eigenvalue weighted by molar-refractivity contribution is -0.145. The molecule has 94 valence electrons. The summed E-state index contributed by atoms with van der Waals surface area (Å²) in [6.07, 6.45) is 0.313. The first-order chi connectivity index (χ1) is 7.95. The van der Waals surface area contributed by atoms with Crippen molar-refractivity contribution in [2.75, 3.05) is 21.2 Å². The normalized spacial score (nSPS) is 12.6. The Morgan fingerprint density at radius 1 is 1.47 bits per heavy atom. The summed E-state index contributed by atoms with van der Waals surface area (Å²) in [6.45, 7) is 1.89. The molecule has 0 radical (unpaired) electrons. The third-order valence-corrected chi connectivity index (χ3v) is 2.71. The highest BCUT2D eigenvalue weighted by molar-refractivity contribution is 5.76. The van der Waals surface area contributed by atoms with Crippen LogP contribution in [0.25, 0.3) is 0 Å². The number of carbonyl (C=O) groups excluding carboxylic acids is 1. The van der Waals surface area contributed by atoms with Gasteiger partial charge in [-0.2, -0.15) is 0 Å². The Kier molecular flexibility index (Phi) is 4.63. The van der Waals surface area contributed by atoms with Gasteiger partial charge in [0.2, 0.25) is 0 Å². The smallest absolute Gasteiger partial charge is 0.323 e. The summed E-state index contributed by atoms with van der Waals surface area (Å²) in [6, 6.07) is 4.43. The second-order valence-corrected chi connectivity index (χ2v) is 4.30. The molecule has 1 unspecified atom stereocenters. The van der Waals surface area contributed by atoms with Crippen LogP contribution >= 0.6 is 0 Å². The molecule has 1 rings (SSSR count). The zero-order valence-electron chi connectivity index (χ0n) is 10.7. The second kappa shape index (κ2) is 5.77. The minimum Gasteiger partial charge on any atom is -0.468 e. The van der Waals surface area contributed by atoms with Crippen LogP contribution in [0.1, 0.15) is 11.1 Å². The zero-order chi connectivity index (χ0) is 13.0. The number of hydrogen-bond acceptors (Lipinski definition) is 3. The summed E-state index contributed by atoms with van der Waals surface area (Å²) in [5.74, 6) is -0.637. The van der Waals surface area contributed by atoms with Crippen molar-refractivity contribution in [2.24, 2.45) is 0 Å². The van der Waals surface area contributed by atoms with Gasteiger partial charge in [0, 0.05) is 6.42 Å². The fourth-order valence-corrected chi connectivity index (χ4v) is 1.68. The van der Waals surface area contributed by atoms with E-state index in [9.17, 15) is 9.18 Å². The van der Waals surface area contributed by atoms with Crippen LogP contribution in [0.5, 0.6) is 0 Å². The van der Waals surface area contributed by atoms with Gasteiger partial charge in [-0.1, -0.05) is 17.7 Å². The molecule has 1 atom stereocenters. The van der Waals surface area contributed by atoms with Gasteiger partial charge in [-0.3, -0.25) is 9.69 Å². The van der Waals surface area contributed by atoms with Crippen LogP contribution < -0.4 is 0 Å². The van der Waals surface area contributed by atoms with Gasteiger partial charge in [0.25, 0.3) is 0 Å². The van der Waals surface area contributed by atoms with Crippen molar-refractivity contribution in [3.05, 3.63) is 35.1 Å². The van der Waals surface area contributed by atoms with Crippen LogP contribution in [0.4, 0.5) is 4.39 Å². The number of methoxy groups -OCH3 is 1. The minimum absolute atomic E-state index is 0.286. The highest BCUT2D eigenvalue weighted by atomic mass is 19.1. The second-order valence-electron chi connectivity index (χ2n) is 4.30. The van der Waals surface area contributed by atoms with Crippen molar-refractivity contribution in [3.8, 4) is 0 Å². The SMILES string of the molecule is COC(=O)C(Cc1cc(C)ccc1F)N(C)C. The molecule has 1 aromatic carbocycles. The third-order valence-electron chi connectivity index (χ3n) is 2.71. The predicted octanol–water partition coefficient (Wildman–Crippen LogP) is 1.78. The Hall–Kier alpha value is -1.42. The monoisotopic (exact) mass is 239 g/mol. The van der Waals surface area contributed by atoms with Crippen molar-refractivity contribution in [1.29, 1.82) is 0 Å². The summed E-state index contributed by atoms with van der Waals surface area (Å²) in [7, 11) is 4.88. The zero-order valence-corrected chi connectivity index (χ0v) is 10.7. The Bertz CT molecular complexity index is 404. The molecule has 4 heteroatoms. The number of likely N-dealkylation sites (N-methyl/N-ethyl adjacent to an activating group) is 1. The minimum atomic E-state index is -0.462. The molecular weight excluding hydrogens is 221 g/mol. The number of esters is 1. The van der Waals surface area contributed by atoms with Crippen LogP contribution in [0, 0.1) is 12.7 Å². The summed E-state index contributed by atoms with van der Waals surface area (Å²) >= 11 is 0. The van der Waals surface area contributed by atoms with Crippen LogP contribution in [0.15, 0.2) is 18.2 Å². The van der Waals surface area contributed by atoms with E-state index in [1.165, 1.54) is 13.2 Å². The van der Waals surface area contributed by atoms with Gasteiger partial charge in [0.05, 0.1) is 7.11 Å². The molecule has 0 saturated heterocycles. The molecule has 0 bridgehead atoms. The van der Waals surface area contributed by atoms with Gasteiger partial charge in [-0.05, 0) is 32.6 Å². The van der Waals surface area contributed by atoms with Crippen LogP contribution in [-0.4, -0.2) is 38.1 Å². The van der Waals surface area contributed by atoms with Crippen LogP contribution in [0.2, 0.25) is 0 Å². The first-order valence-corrected chi connectivity index (χ1v) is 5.45. The standard InChI is InChI=1S/C13H18FNO2/c1-9-5-6-11(14)10(7-9)8-12(15(2)3)13(16)17-4/h5-7,12H,8H2,1-4H3. The highest BCUT2D eigenvalue weighted by Crippen LogP contribution is 2.14. The van der Waals surface area contributed by atoms with E-state index in [4.69, 9.17) is 4.74 Å². The lowest BCUT2D eigenvalue weighted by Gasteiger charge is -2.22. The van der Waals surface area contributed by atoms with Crippen molar-refractivity contribution < 1.29 is 13.9 Å². The maximum Gasteiger partial charge on any atom is 0.323 e. The fourth-order valence-electron chi connectivity index (χ4n) is 1.68. The van der Waals surface area contributed by atoms with Gasteiger partial charge in [-0.25, -0.2) is 4.39 Å². The number of aryl methyl sites for hydroxylation is 1. The quantitative estimate of drug-likeness (QED) is 0.750. The Morgan fingerprint density at radius 3 is 2.65 bits per heavy atom. The molecule has 0 spiro atoms. The Morgan fingerprint density at radius 2 is 2.12 bits per heavy atom. The number of ether oxygens (including phenoxy) is 1. The molecule has 0 heterocycles. The van der Waals surface area contributed by atoms with Gasteiger partial charge >= 0.3 is 5.97 Å². The number of rotatable bonds is 4. The van der Waals surface area contributed by atoms with E-state index in [0.717, 1.165) is 5.56 Å². The first-order valence-electron chi connectivity index (χ1n) is 5.45. The van der Waals surface area contributed by atoms with Crippen molar-refractivity contribution in [2.45, 2.75) is 19.4 Å². The van der Waals surface area contributed by atoms with E-state index < -0.39 is 6.04 Å². The average Bonchev–Trinajstić information content (AvgIpc) is 2.28. The molecule has 0 fully saturated rings. The number of nitrogens with zero attached hydrogens (tertiary/aromatic N) is 1. The Labute approximate surface area is 101 Å². The van der Waals surface area contributed by atoms with E-state index >= 15 is 0 Å². The molecule has 1 aromatic rings. The largest absolute Gasteiger partial charge is 0.468 e. The predicted molar refractivity (Wildman–Crippen MR) is 64.3 cm³/mol. The Balaban J connectivity index is 2.93. The third kappa shape index (κ3) is 3.53. The number of halogens is 1. The van der Waals surface area contributed by atoms with Crippen LogP contribution in [-0.2, 0) is 16.0 Å². The lowest BCUT2D eigenvalue weighted by atomic mass is 10.0. The molecule has 0 aliphatic rings. The summed E-state index contributed by atoms with van der Waals surface area (Å²) in [5, 5.41) is 0. The van der Waals surface area contributed by atoms with Crippen molar-refractivity contribution in [3.63, 3.8) is 0 Å². The van der Waals surface area contributed by atoms with Gasteiger partial charge in [0.1, 0.15) is 11.9 Å². The fraction of sp³-hybridized carbons (Fsp3) is 0.462. The van der Waals surface area contributed by atoms with E-state index in [2.05, 4.69) is 0 Å². The van der Waals surface area contributed by atoms with Gasteiger partial charge in [-0.15, -0.1) is 0 Å².